The Balaban J connectivity index is 2.26. The molecule has 0 aliphatic rings. The normalized spacial score (nSPS) is 15.1. The van der Waals surface area contributed by atoms with E-state index in [1.807, 2.05) is 38.1 Å². The van der Waals surface area contributed by atoms with Crippen LogP contribution in [0.1, 0.15) is 47.5 Å². The maximum absolute atomic E-state index is 11.2. The molecule has 0 saturated carbocycles. The molecule has 0 saturated heterocycles. The van der Waals surface area contributed by atoms with E-state index in [2.05, 4.69) is 35.9 Å². The van der Waals surface area contributed by atoms with Gasteiger partial charge in [-0.15, -0.1) is 0 Å². The van der Waals surface area contributed by atoms with E-state index in [4.69, 9.17) is 0 Å². The standard InChI is InChI=1S/C19H32N4O/c1-6-11-15(14-22(7-2)8-3)18(24)19(4,5)23-20-16-12-9-10-13-17(16)21-23/h9-10,12-13,15,18,24H,6-8,11,14H2,1-5H3. The van der Waals surface area contributed by atoms with Gasteiger partial charge in [0.05, 0.1) is 6.10 Å². The van der Waals surface area contributed by atoms with E-state index in [-0.39, 0.29) is 5.92 Å². The second-order valence-electron chi connectivity index (χ2n) is 7.11. The number of hydrogen-bond donors (Lipinski definition) is 1. The van der Waals surface area contributed by atoms with Gasteiger partial charge in [0, 0.05) is 6.54 Å². The predicted molar refractivity (Wildman–Crippen MR) is 99.0 cm³/mol. The number of benzene rings is 1. The molecule has 0 spiro atoms. The van der Waals surface area contributed by atoms with Crippen LogP contribution in [0.2, 0.25) is 0 Å². The molecule has 2 atom stereocenters. The number of hydrogen-bond acceptors (Lipinski definition) is 4. The zero-order valence-corrected chi connectivity index (χ0v) is 15.7. The maximum atomic E-state index is 11.2. The highest BCUT2D eigenvalue weighted by atomic mass is 16.3. The van der Waals surface area contributed by atoms with Crippen LogP contribution in [0.4, 0.5) is 0 Å². The van der Waals surface area contributed by atoms with Crippen LogP contribution in [0.25, 0.3) is 11.0 Å². The van der Waals surface area contributed by atoms with Gasteiger partial charge in [-0.2, -0.15) is 15.0 Å². The van der Waals surface area contributed by atoms with Crippen molar-refractivity contribution in [1.82, 2.24) is 19.9 Å². The number of nitrogens with zero attached hydrogens (tertiary/aromatic N) is 4. The molecule has 1 heterocycles. The van der Waals surface area contributed by atoms with Crippen molar-refractivity contribution in [2.45, 2.75) is 59.1 Å². The van der Waals surface area contributed by atoms with E-state index in [0.717, 1.165) is 43.5 Å². The summed E-state index contributed by atoms with van der Waals surface area (Å²) >= 11 is 0. The number of fused-ring (bicyclic) bond motifs is 1. The molecule has 2 rings (SSSR count). The van der Waals surface area contributed by atoms with Gasteiger partial charge in [-0.25, -0.2) is 0 Å². The lowest BCUT2D eigenvalue weighted by Gasteiger charge is -2.37. The third kappa shape index (κ3) is 3.95. The molecule has 2 aromatic rings. The van der Waals surface area contributed by atoms with Crippen molar-refractivity contribution in [3.8, 4) is 0 Å². The minimum absolute atomic E-state index is 0.207. The van der Waals surface area contributed by atoms with E-state index in [1.54, 1.807) is 4.80 Å². The van der Waals surface area contributed by atoms with Crippen molar-refractivity contribution < 1.29 is 5.11 Å². The second-order valence-corrected chi connectivity index (χ2v) is 7.11. The van der Waals surface area contributed by atoms with Crippen LogP contribution < -0.4 is 0 Å². The zero-order valence-electron chi connectivity index (χ0n) is 15.7. The number of rotatable bonds is 9. The van der Waals surface area contributed by atoms with E-state index in [1.165, 1.54) is 0 Å². The molecule has 2 unspecified atom stereocenters. The quantitative estimate of drug-likeness (QED) is 0.765. The first-order valence-electron chi connectivity index (χ1n) is 9.16. The Bertz CT molecular complexity index is 600. The average molecular weight is 332 g/mol. The average Bonchev–Trinajstić information content (AvgIpc) is 3.03. The van der Waals surface area contributed by atoms with Gasteiger partial charge in [-0.3, -0.25) is 0 Å². The Morgan fingerprint density at radius 3 is 2.08 bits per heavy atom. The Morgan fingerprint density at radius 1 is 1.08 bits per heavy atom. The summed E-state index contributed by atoms with van der Waals surface area (Å²) in [7, 11) is 0. The Morgan fingerprint density at radius 2 is 1.62 bits per heavy atom. The molecule has 5 heteroatoms. The van der Waals surface area contributed by atoms with Crippen molar-refractivity contribution in [3.05, 3.63) is 24.3 Å². The van der Waals surface area contributed by atoms with Crippen molar-refractivity contribution in [2.75, 3.05) is 19.6 Å². The third-order valence-electron chi connectivity index (χ3n) is 5.02. The summed E-state index contributed by atoms with van der Waals surface area (Å²) in [5.74, 6) is 0.207. The Labute approximate surface area is 145 Å². The highest BCUT2D eigenvalue weighted by Crippen LogP contribution is 2.28. The van der Waals surface area contributed by atoms with Crippen molar-refractivity contribution in [1.29, 1.82) is 0 Å². The molecule has 134 valence electrons. The Kier molecular flexibility index (Phi) is 6.35. The van der Waals surface area contributed by atoms with E-state index >= 15 is 0 Å². The van der Waals surface area contributed by atoms with Crippen LogP contribution in [0.15, 0.2) is 24.3 Å². The molecule has 1 aromatic carbocycles. The molecular weight excluding hydrogens is 300 g/mol. The van der Waals surface area contributed by atoms with E-state index in [0.29, 0.717) is 0 Å². The molecule has 1 aromatic heterocycles. The molecular formula is C19H32N4O. The largest absolute Gasteiger partial charge is 0.390 e. The summed E-state index contributed by atoms with van der Waals surface area (Å²) in [6.45, 7) is 13.5. The molecule has 5 nitrogen and oxygen atoms in total. The van der Waals surface area contributed by atoms with Gasteiger partial charge in [0.2, 0.25) is 0 Å². The zero-order chi connectivity index (χ0) is 17.7. The van der Waals surface area contributed by atoms with Crippen LogP contribution >= 0.6 is 0 Å². The lowest BCUT2D eigenvalue weighted by atomic mass is 9.84. The van der Waals surface area contributed by atoms with E-state index < -0.39 is 11.6 Å². The fraction of sp³-hybridized carbons (Fsp3) is 0.684. The first-order valence-corrected chi connectivity index (χ1v) is 9.16. The monoisotopic (exact) mass is 332 g/mol. The molecule has 1 N–H and O–H groups in total. The lowest BCUT2D eigenvalue weighted by Crippen LogP contribution is -2.48. The fourth-order valence-electron chi connectivity index (χ4n) is 3.35. The van der Waals surface area contributed by atoms with Crippen LogP contribution in [-0.2, 0) is 5.54 Å². The third-order valence-corrected chi connectivity index (χ3v) is 5.02. The molecule has 0 amide bonds. The smallest absolute Gasteiger partial charge is 0.113 e. The number of aliphatic hydroxyl groups excluding tert-OH is 1. The van der Waals surface area contributed by atoms with Gasteiger partial charge in [0.25, 0.3) is 0 Å². The van der Waals surface area contributed by atoms with Crippen molar-refractivity contribution in [2.24, 2.45) is 5.92 Å². The molecule has 0 aliphatic carbocycles. The first-order chi connectivity index (χ1) is 11.4. The number of aromatic nitrogens is 3. The first kappa shape index (κ1) is 18.9. The maximum Gasteiger partial charge on any atom is 0.113 e. The fourth-order valence-corrected chi connectivity index (χ4v) is 3.35. The van der Waals surface area contributed by atoms with Gasteiger partial charge < -0.3 is 10.0 Å². The summed E-state index contributed by atoms with van der Waals surface area (Å²) in [6, 6.07) is 7.84. The predicted octanol–water partition coefficient (Wildman–Crippen LogP) is 3.29. The van der Waals surface area contributed by atoms with Gasteiger partial charge in [0.1, 0.15) is 16.6 Å². The summed E-state index contributed by atoms with van der Waals surface area (Å²) in [5, 5.41) is 20.4. The van der Waals surface area contributed by atoms with Crippen LogP contribution in [-0.4, -0.2) is 50.7 Å². The minimum Gasteiger partial charge on any atom is -0.390 e. The van der Waals surface area contributed by atoms with Gasteiger partial charge in [0.15, 0.2) is 0 Å². The SMILES string of the molecule is CCCC(CN(CC)CC)C(O)C(C)(C)n1nc2ccccc2n1. The summed E-state index contributed by atoms with van der Waals surface area (Å²) in [4.78, 5) is 4.08. The minimum atomic E-state index is -0.550. The lowest BCUT2D eigenvalue weighted by molar-refractivity contribution is -0.0185. The van der Waals surface area contributed by atoms with Crippen molar-refractivity contribution >= 4 is 11.0 Å². The van der Waals surface area contributed by atoms with Gasteiger partial charge in [-0.1, -0.05) is 39.3 Å². The molecule has 0 fully saturated rings. The van der Waals surface area contributed by atoms with Gasteiger partial charge in [-0.05, 0) is 51.4 Å². The molecule has 0 aliphatic heterocycles. The molecule has 24 heavy (non-hydrogen) atoms. The topological polar surface area (TPSA) is 54.2 Å². The highest BCUT2D eigenvalue weighted by Gasteiger charge is 2.37. The summed E-state index contributed by atoms with van der Waals surface area (Å²) in [5.41, 5.74) is 1.19. The molecule has 0 bridgehead atoms. The highest BCUT2D eigenvalue weighted by molar-refractivity contribution is 5.73. The van der Waals surface area contributed by atoms with Crippen LogP contribution in [0.5, 0.6) is 0 Å². The Hall–Kier alpha value is -1.46. The summed E-state index contributed by atoms with van der Waals surface area (Å²) < 4.78 is 0. The van der Waals surface area contributed by atoms with Crippen molar-refractivity contribution in [3.63, 3.8) is 0 Å². The van der Waals surface area contributed by atoms with E-state index in [9.17, 15) is 5.11 Å². The second kappa shape index (κ2) is 8.08. The molecule has 0 radical (unpaired) electrons. The van der Waals surface area contributed by atoms with Gasteiger partial charge >= 0.3 is 0 Å². The number of aliphatic hydroxyl groups is 1. The van der Waals surface area contributed by atoms with Crippen LogP contribution in [0.3, 0.4) is 0 Å². The summed E-state index contributed by atoms with van der Waals surface area (Å²) in [6.07, 6.45) is 1.56. The van der Waals surface area contributed by atoms with Crippen LogP contribution in [0, 0.1) is 5.92 Å².